The van der Waals surface area contributed by atoms with Crippen LogP contribution in [0.15, 0.2) is 0 Å². The standard InChI is InChI=1S/C12H16N2O3S/c1-3-9-13-7(2)10(18-9)11(15)14-6-4-5-8(14)12(16)17/h8H,3-6H2,1-2H3,(H,16,17)/t8-/m1/s1. The van der Waals surface area contributed by atoms with Crippen molar-refractivity contribution < 1.29 is 14.7 Å². The minimum Gasteiger partial charge on any atom is -0.480 e. The minimum absolute atomic E-state index is 0.186. The molecule has 1 atom stereocenters. The molecular weight excluding hydrogens is 252 g/mol. The monoisotopic (exact) mass is 268 g/mol. The highest BCUT2D eigenvalue weighted by Crippen LogP contribution is 2.25. The first-order valence-corrected chi connectivity index (χ1v) is 6.86. The summed E-state index contributed by atoms with van der Waals surface area (Å²) in [5.41, 5.74) is 0.706. The second-order valence-electron chi connectivity index (χ2n) is 4.37. The van der Waals surface area contributed by atoms with Gasteiger partial charge in [-0.15, -0.1) is 11.3 Å². The quantitative estimate of drug-likeness (QED) is 0.905. The van der Waals surface area contributed by atoms with E-state index in [1.165, 1.54) is 16.2 Å². The van der Waals surface area contributed by atoms with Crippen LogP contribution in [0.2, 0.25) is 0 Å². The Bertz CT molecular complexity index is 484. The van der Waals surface area contributed by atoms with Crippen LogP contribution in [0.5, 0.6) is 0 Å². The third-order valence-electron chi connectivity index (χ3n) is 3.14. The van der Waals surface area contributed by atoms with Gasteiger partial charge in [0.1, 0.15) is 10.9 Å². The predicted molar refractivity (Wildman–Crippen MR) is 67.9 cm³/mol. The Labute approximate surface area is 109 Å². The normalized spacial score (nSPS) is 19.2. The fourth-order valence-corrected chi connectivity index (χ4v) is 3.16. The molecule has 1 fully saturated rings. The van der Waals surface area contributed by atoms with Crippen molar-refractivity contribution in [1.29, 1.82) is 0 Å². The fraction of sp³-hybridized carbons (Fsp3) is 0.583. The lowest BCUT2D eigenvalue weighted by atomic mass is 10.2. The zero-order chi connectivity index (χ0) is 13.3. The van der Waals surface area contributed by atoms with Crippen LogP contribution < -0.4 is 0 Å². The number of amides is 1. The van der Waals surface area contributed by atoms with Gasteiger partial charge in [0.25, 0.3) is 5.91 Å². The summed E-state index contributed by atoms with van der Waals surface area (Å²) in [4.78, 5) is 29.8. The van der Waals surface area contributed by atoms with Gasteiger partial charge in [-0.1, -0.05) is 6.92 Å². The molecule has 1 amide bonds. The lowest BCUT2D eigenvalue weighted by Crippen LogP contribution is -2.40. The van der Waals surface area contributed by atoms with Crippen molar-refractivity contribution in [3.05, 3.63) is 15.6 Å². The number of aryl methyl sites for hydroxylation is 2. The Morgan fingerprint density at radius 2 is 2.28 bits per heavy atom. The SMILES string of the molecule is CCc1nc(C)c(C(=O)N2CCC[C@@H]2C(=O)O)s1. The summed E-state index contributed by atoms with van der Waals surface area (Å²) in [6.07, 6.45) is 2.09. The molecule has 1 aromatic rings. The van der Waals surface area contributed by atoms with E-state index >= 15 is 0 Å². The summed E-state index contributed by atoms with van der Waals surface area (Å²) < 4.78 is 0. The van der Waals surface area contributed by atoms with Crippen molar-refractivity contribution in [2.45, 2.75) is 39.2 Å². The maximum atomic E-state index is 12.3. The summed E-state index contributed by atoms with van der Waals surface area (Å²) in [6.45, 7) is 4.31. The topological polar surface area (TPSA) is 70.5 Å². The van der Waals surface area contributed by atoms with Crippen LogP contribution in [0.4, 0.5) is 0 Å². The van der Waals surface area contributed by atoms with Crippen LogP contribution >= 0.6 is 11.3 Å². The van der Waals surface area contributed by atoms with Gasteiger partial charge < -0.3 is 10.0 Å². The Kier molecular flexibility index (Phi) is 3.65. The molecule has 1 aromatic heterocycles. The van der Waals surface area contributed by atoms with E-state index in [-0.39, 0.29) is 5.91 Å². The maximum absolute atomic E-state index is 12.3. The van der Waals surface area contributed by atoms with Gasteiger partial charge in [0.15, 0.2) is 0 Å². The molecule has 98 valence electrons. The predicted octanol–water partition coefficient (Wildman–Crippen LogP) is 1.70. The molecule has 1 saturated heterocycles. The summed E-state index contributed by atoms with van der Waals surface area (Å²) in [7, 11) is 0. The first-order valence-electron chi connectivity index (χ1n) is 6.04. The Morgan fingerprint density at radius 3 is 2.83 bits per heavy atom. The first kappa shape index (κ1) is 13.0. The molecule has 0 spiro atoms. The van der Waals surface area contributed by atoms with E-state index in [1.54, 1.807) is 6.92 Å². The second kappa shape index (κ2) is 5.06. The lowest BCUT2D eigenvalue weighted by Gasteiger charge is -2.20. The molecule has 2 rings (SSSR count). The second-order valence-corrected chi connectivity index (χ2v) is 5.45. The average molecular weight is 268 g/mol. The molecule has 6 heteroatoms. The Hall–Kier alpha value is -1.43. The van der Waals surface area contributed by atoms with Gasteiger partial charge >= 0.3 is 5.97 Å². The summed E-state index contributed by atoms with van der Waals surface area (Å²) in [6, 6.07) is -0.677. The molecule has 0 aromatic carbocycles. The number of hydrogen-bond donors (Lipinski definition) is 1. The molecule has 1 N–H and O–H groups in total. The van der Waals surface area contributed by atoms with Crippen LogP contribution in [0, 0.1) is 6.92 Å². The van der Waals surface area contributed by atoms with Gasteiger partial charge in [-0.3, -0.25) is 4.79 Å². The van der Waals surface area contributed by atoms with Crippen LogP contribution in [-0.4, -0.2) is 39.5 Å². The third kappa shape index (κ3) is 2.25. The van der Waals surface area contributed by atoms with Crippen molar-refractivity contribution in [2.75, 3.05) is 6.54 Å². The largest absolute Gasteiger partial charge is 0.480 e. The number of rotatable bonds is 3. The number of carboxylic acids is 1. The number of thiazole rings is 1. The lowest BCUT2D eigenvalue weighted by molar-refractivity contribution is -0.141. The van der Waals surface area contributed by atoms with Gasteiger partial charge in [-0.25, -0.2) is 9.78 Å². The van der Waals surface area contributed by atoms with Gasteiger partial charge in [-0.05, 0) is 26.2 Å². The van der Waals surface area contributed by atoms with Gasteiger partial charge in [-0.2, -0.15) is 0 Å². The van der Waals surface area contributed by atoms with Gasteiger partial charge in [0, 0.05) is 6.54 Å². The number of hydrogen-bond acceptors (Lipinski definition) is 4. The number of carbonyl (C=O) groups excluding carboxylic acids is 1. The van der Waals surface area contributed by atoms with Crippen LogP contribution in [0.25, 0.3) is 0 Å². The Morgan fingerprint density at radius 1 is 1.56 bits per heavy atom. The molecule has 0 bridgehead atoms. The molecule has 0 aliphatic carbocycles. The van der Waals surface area contributed by atoms with E-state index < -0.39 is 12.0 Å². The van der Waals surface area contributed by atoms with Crippen molar-refractivity contribution in [3.8, 4) is 0 Å². The number of likely N-dealkylation sites (tertiary alicyclic amines) is 1. The van der Waals surface area contributed by atoms with Crippen molar-refractivity contribution >= 4 is 23.2 Å². The van der Waals surface area contributed by atoms with E-state index in [4.69, 9.17) is 5.11 Å². The molecule has 1 aliphatic heterocycles. The molecule has 18 heavy (non-hydrogen) atoms. The molecule has 0 unspecified atom stereocenters. The third-order valence-corrected chi connectivity index (χ3v) is 4.43. The maximum Gasteiger partial charge on any atom is 0.326 e. The summed E-state index contributed by atoms with van der Waals surface area (Å²) >= 11 is 1.37. The van der Waals surface area contributed by atoms with Crippen LogP contribution in [-0.2, 0) is 11.2 Å². The Balaban J connectivity index is 2.25. The van der Waals surface area contributed by atoms with Gasteiger partial charge in [0.2, 0.25) is 0 Å². The molecule has 0 radical (unpaired) electrons. The fourth-order valence-electron chi connectivity index (χ4n) is 2.20. The smallest absolute Gasteiger partial charge is 0.326 e. The average Bonchev–Trinajstić information content (AvgIpc) is 2.94. The number of carboxylic acid groups (broad SMARTS) is 1. The number of carbonyl (C=O) groups is 2. The molecule has 0 saturated carbocycles. The van der Waals surface area contributed by atoms with Crippen molar-refractivity contribution in [1.82, 2.24) is 9.88 Å². The van der Waals surface area contributed by atoms with E-state index in [2.05, 4.69) is 4.98 Å². The van der Waals surface area contributed by atoms with Crippen LogP contribution in [0.3, 0.4) is 0 Å². The summed E-state index contributed by atoms with van der Waals surface area (Å²) in [5, 5.41) is 10.0. The van der Waals surface area contributed by atoms with Gasteiger partial charge in [0.05, 0.1) is 10.7 Å². The number of aromatic nitrogens is 1. The zero-order valence-corrected chi connectivity index (χ0v) is 11.3. The number of aliphatic carboxylic acids is 1. The van der Waals surface area contributed by atoms with Crippen molar-refractivity contribution in [3.63, 3.8) is 0 Å². The van der Waals surface area contributed by atoms with E-state index in [9.17, 15) is 9.59 Å². The van der Waals surface area contributed by atoms with E-state index in [0.29, 0.717) is 23.5 Å². The van der Waals surface area contributed by atoms with E-state index in [1.807, 2.05) is 6.92 Å². The molecule has 1 aliphatic rings. The number of nitrogens with zero attached hydrogens (tertiary/aromatic N) is 2. The molecular formula is C12H16N2O3S. The van der Waals surface area contributed by atoms with E-state index in [0.717, 1.165) is 17.8 Å². The first-order chi connectivity index (χ1) is 8.54. The minimum atomic E-state index is -0.918. The highest BCUT2D eigenvalue weighted by molar-refractivity contribution is 7.13. The summed E-state index contributed by atoms with van der Waals surface area (Å²) in [5.74, 6) is -1.10. The highest BCUT2D eigenvalue weighted by Gasteiger charge is 2.35. The zero-order valence-electron chi connectivity index (χ0n) is 10.5. The highest BCUT2D eigenvalue weighted by atomic mass is 32.1. The van der Waals surface area contributed by atoms with Crippen LogP contribution in [0.1, 0.15) is 40.1 Å². The van der Waals surface area contributed by atoms with Crippen molar-refractivity contribution in [2.24, 2.45) is 0 Å². The molecule has 5 nitrogen and oxygen atoms in total. The molecule has 2 heterocycles.